The normalized spacial score (nSPS) is 21.9. The van der Waals surface area contributed by atoms with Crippen LogP contribution in [0.1, 0.15) is 39.2 Å². The zero-order chi connectivity index (χ0) is 41.2. The Morgan fingerprint density at radius 1 is 0.982 bits per heavy atom. The molecule has 3 rings (SSSR count). The largest absolute Gasteiger partial charge is 0.479 e. The molecule has 2 aliphatic rings. The molecule has 6 atom stereocenters. The van der Waals surface area contributed by atoms with Gasteiger partial charge in [0.05, 0.1) is 11.1 Å². The zero-order valence-electron chi connectivity index (χ0n) is 29.7. The number of hydrogen-bond donors (Lipinski definition) is 8. The first-order chi connectivity index (χ1) is 25.6. The van der Waals surface area contributed by atoms with E-state index < -0.39 is 119 Å². The van der Waals surface area contributed by atoms with Crippen molar-refractivity contribution in [3.05, 3.63) is 42.0 Å². The quantitative estimate of drug-likeness (QED) is 0.0466. The van der Waals surface area contributed by atoms with Gasteiger partial charge in [-0.25, -0.2) is 4.79 Å². The van der Waals surface area contributed by atoms with Gasteiger partial charge < -0.3 is 50.6 Å². The van der Waals surface area contributed by atoms with Crippen LogP contribution in [0.4, 0.5) is 5.69 Å². The van der Waals surface area contributed by atoms with Crippen molar-refractivity contribution in [2.24, 2.45) is 5.41 Å². The van der Waals surface area contributed by atoms with Crippen molar-refractivity contribution in [1.82, 2.24) is 15.5 Å². The minimum Gasteiger partial charge on any atom is -0.479 e. The SMILES string of the molecule is CC(C)(C)C(=O)OC/C=C/c1ccc(O[C@@H]2O[C@H](C(=O)O)[C@@H](O)[C@H](O)[C@H]2O)c(NC(=O)CCNC(=O)[C@H](CS(=O)(=O)O)NC(=O)CCN2C(=O)C=CC2=O)c1. The van der Waals surface area contributed by atoms with Gasteiger partial charge in [0.1, 0.15) is 42.5 Å². The number of nitrogens with zero attached hydrogens (tertiary/aromatic N) is 1. The van der Waals surface area contributed by atoms with Crippen molar-refractivity contribution in [1.29, 1.82) is 0 Å². The van der Waals surface area contributed by atoms with Gasteiger partial charge in [0.15, 0.2) is 6.10 Å². The minimum atomic E-state index is -4.82. The number of carboxylic acid groups (broad SMARTS) is 1. The molecule has 1 fully saturated rings. The van der Waals surface area contributed by atoms with Crippen molar-refractivity contribution in [3.8, 4) is 5.75 Å². The summed E-state index contributed by atoms with van der Waals surface area (Å²) in [6, 6.07) is 2.27. The lowest BCUT2D eigenvalue weighted by Gasteiger charge is -2.38. The van der Waals surface area contributed by atoms with E-state index >= 15 is 0 Å². The van der Waals surface area contributed by atoms with Crippen LogP contribution in [0.2, 0.25) is 0 Å². The van der Waals surface area contributed by atoms with Crippen molar-refractivity contribution >= 4 is 63.4 Å². The summed E-state index contributed by atoms with van der Waals surface area (Å²) in [5, 5.41) is 46.9. The number of aliphatic hydroxyl groups excluding tert-OH is 3. The van der Waals surface area contributed by atoms with Crippen LogP contribution in [0.15, 0.2) is 36.4 Å². The highest BCUT2D eigenvalue weighted by molar-refractivity contribution is 7.85. The average molecular weight is 799 g/mol. The van der Waals surface area contributed by atoms with Gasteiger partial charge >= 0.3 is 11.9 Å². The van der Waals surface area contributed by atoms with E-state index in [9.17, 15) is 67.0 Å². The molecule has 1 saturated heterocycles. The topological polar surface area (TPSA) is 322 Å². The Morgan fingerprint density at radius 3 is 2.24 bits per heavy atom. The van der Waals surface area contributed by atoms with Gasteiger partial charge in [-0.3, -0.25) is 38.2 Å². The van der Waals surface area contributed by atoms with E-state index in [0.717, 1.165) is 17.1 Å². The number of aliphatic carboxylic acids is 1. The molecule has 5 amide bonds. The van der Waals surface area contributed by atoms with E-state index in [2.05, 4.69) is 16.0 Å². The standard InChI is InChI=1S/C33H42N4O17S/c1-33(2,3)32(48)52-14-4-5-17-6-7-20(53-31-27(44)25(42)26(43)28(54-31)30(46)47)18(15-17)35-21(38)10-12-34-29(45)19(16-55(49,50)51)36-22(39)11-13-37-23(40)8-9-24(37)41/h4-9,15,19,25-28,31,42-44H,10-14,16H2,1-3H3,(H,34,45)(H,35,38)(H,36,39)(H,46,47)(H,49,50,51)/b5-4+/t19-,25-,26-,27+,28-,31+/m0/s1. The van der Waals surface area contributed by atoms with E-state index in [-0.39, 0.29) is 24.6 Å². The summed E-state index contributed by atoms with van der Waals surface area (Å²) in [5.41, 5.74) is -0.443. The van der Waals surface area contributed by atoms with E-state index in [4.69, 9.17) is 14.2 Å². The van der Waals surface area contributed by atoms with Crippen molar-refractivity contribution in [3.63, 3.8) is 0 Å². The molecule has 0 aromatic heterocycles. The van der Waals surface area contributed by atoms with Crippen LogP contribution in [-0.4, -0.2) is 142 Å². The van der Waals surface area contributed by atoms with E-state index in [0.29, 0.717) is 5.56 Å². The van der Waals surface area contributed by atoms with Crippen molar-refractivity contribution in [2.45, 2.75) is 70.4 Å². The summed E-state index contributed by atoms with van der Waals surface area (Å²) in [4.78, 5) is 86.0. The average Bonchev–Trinajstić information content (AvgIpc) is 3.41. The number of aliphatic hydroxyl groups is 3. The predicted octanol–water partition coefficient (Wildman–Crippen LogP) is -2.31. The summed E-state index contributed by atoms with van der Waals surface area (Å²) in [7, 11) is -4.82. The Bertz CT molecular complexity index is 1810. The van der Waals surface area contributed by atoms with Crippen LogP contribution >= 0.6 is 0 Å². The molecule has 0 unspecified atom stereocenters. The van der Waals surface area contributed by atoms with E-state index in [1.165, 1.54) is 30.4 Å². The maximum Gasteiger partial charge on any atom is 0.335 e. The van der Waals surface area contributed by atoms with Gasteiger partial charge in [0, 0.05) is 38.1 Å². The molecular formula is C33H42N4O17S. The second-order valence-electron chi connectivity index (χ2n) is 13.2. The first-order valence-corrected chi connectivity index (χ1v) is 18.1. The number of carboxylic acids is 1. The van der Waals surface area contributed by atoms with Crippen LogP contribution < -0.4 is 20.7 Å². The lowest BCUT2D eigenvalue weighted by Crippen LogP contribution is -2.61. The summed E-state index contributed by atoms with van der Waals surface area (Å²) < 4.78 is 48.4. The highest BCUT2D eigenvalue weighted by Gasteiger charge is 2.48. The number of nitrogens with one attached hydrogen (secondary N) is 3. The van der Waals surface area contributed by atoms with Gasteiger partial charge in [0.2, 0.25) is 24.0 Å². The van der Waals surface area contributed by atoms with Crippen LogP contribution in [0.3, 0.4) is 0 Å². The maximum atomic E-state index is 13.0. The lowest BCUT2D eigenvalue weighted by atomic mass is 9.97. The molecule has 8 N–H and O–H groups in total. The third-order valence-corrected chi connectivity index (χ3v) is 8.47. The Balaban J connectivity index is 1.71. The fourth-order valence-corrected chi connectivity index (χ4v) is 5.47. The molecule has 0 saturated carbocycles. The number of imide groups is 1. The summed E-state index contributed by atoms with van der Waals surface area (Å²) in [6.07, 6.45) is -5.78. The molecule has 1 aromatic rings. The number of rotatable bonds is 17. The lowest BCUT2D eigenvalue weighted by molar-refractivity contribution is -0.271. The highest BCUT2D eigenvalue weighted by Crippen LogP contribution is 2.31. The van der Waals surface area contributed by atoms with Gasteiger partial charge in [-0.1, -0.05) is 12.1 Å². The van der Waals surface area contributed by atoms with Crippen LogP contribution in [0, 0.1) is 5.41 Å². The van der Waals surface area contributed by atoms with Crippen LogP contribution in [0.25, 0.3) is 6.08 Å². The molecule has 2 heterocycles. The summed E-state index contributed by atoms with van der Waals surface area (Å²) >= 11 is 0. The number of hydrogen-bond acceptors (Lipinski definition) is 15. The number of carbonyl (C=O) groups excluding carboxylic acids is 6. The van der Waals surface area contributed by atoms with Crippen molar-refractivity contribution in [2.75, 3.05) is 30.8 Å². The molecule has 0 spiro atoms. The molecule has 2 aliphatic heterocycles. The Labute approximate surface area is 314 Å². The Kier molecular flexibility index (Phi) is 15.1. The third-order valence-electron chi connectivity index (χ3n) is 7.71. The molecular weight excluding hydrogens is 756 g/mol. The van der Waals surface area contributed by atoms with Gasteiger partial charge in [-0.2, -0.15) is 8.42 Å². The Hall–Kier alpha value is -5.26. The molecule has 21 nitrogen and oxygen atoms in total. The minimum absolute atomic E-state index is 0.102. The number of anilines is 1. The van der Waals surface area contributed by atoms with E-state index in [1.807, 2.05) is 0 Å². The number of ether oxygens (including phenoxy) is 3. The fourth-order valence-electron chi connectivity index (χ4n) is 4.81. The molecule has 0 aliphatic carbocycles. The molecule has 0 bridgehead atoms. The molecule has 302 valence electrons. The molecule has 1 aromatic carbocycles. The molecule has 55 heavy (non-hydrogen) atoms. The maximum absolute atomic E-state index is 13.0. The summed E-state index contributed by atoms with van der Waals surface area (Å²) in [5.74, 6) is -7.78. The number of carbonyl (C=O) groups is 7. The zero-order valence-corrected chi connectivity index (χ0v) is 30.6. The predicted molar refractivity (Wildman–Crippen MR) is 186 cm³/mol. The van der Waals surface area contributed by atoms with Crippen LogP contribution in [0.5, 0.6) is 5.75 Å². The first kappa shape index (κ1) is 44.1. The van der Waals surface area contributed by atoms with Crippen molar-refractivity contribution < 1.29 is 81.2 Å². The third kappa shape index (κ3) is 13.2. The number of esters is 1. The molecule has 22 heteroatoms. The van der Waals surface area contributed by atoms with Gasteiger partial charge in [0.25, 0.3) is 21.9 Å². The number of benzene rings is 1. The van der Waals surface area contributed by atoms with Crippen LogP contribution in [-0.2, 0) is 53.2 Å². The second-order valence-corrected chi connectivity index (χ2v) is 14.7. The summed E-state index contributed by atoms with van der Waals surface area (Å²) in [6.45, 7) is 4.08. The van der Waals surface area contributed by atoms with Gasteiger partial charge in [-0.15, -0.1) is 0 Å². The smallest absolute Gasteiger partial charge is 0.335 e. The highest BCUT2D eigenvalue weighted by atomic mass is 32.2. The Morgan fingerprint density at radius 2 is 1.64 bits per heavy atom. The number of amides is 5. The van der Waals surface area contributed by atoms with Gasteiger partial charge in [-0.05, 0) is 44.5 Å². The van der Waals surface area contributed by atoms with E-state index in [1.54, 1.807) is 20.8 Å². The monoisotopic (exact) mass is 798 g/mol. The first-order valence-electron chi connectivity index (χ1n) is 16.5. The second kappa shape index (κ2) is 18.9. The fraction of sp³-hybridized carbons (Fsp3) is 0.485. The molecule has 0 radical (unpaired) electrons.